The average Bonchev–Trinajstić information content (AvgIpc) is 2.40. The summed E-state index contributed by atoms with van der Waals surface area (Å²) in [5.74, 6) is 6.51. The van der Waals surface area contributed by atoms with Gasteiger partial charge in [0, 0.05) is 16.8 Å². The number of aromatic nitrogens is 2. The van der Waals surface area contributed by atoms with E-state index in [0.717, 1.165) is 11.3 Å². The number of anilines is 1. The number of hydrazine groups is 1. The fourth-order valence-electron chi connectivity index (χ4n) is 1.61. The van der Waals surface area contributed by atoms with Crippen molar-refractivity contribution < 1.29 is 4.74 Å². The Labute approximate surface area is 116 Å². The van der Waals surface area contributed by atoms with Gasteiger partial charge in [0.2, 0.25) is 0 Å². The van der Waals surface area contributed by atoms with Crippen LogP contribution in [0.15, 0.2) is 30.3 Å². The molecule has 1 aromatic heterocycles. The minimum atomic E-state index is 0.332. The number of hydrogen-bond acceptors (Lipinski definition) is 5. The predicted molar refractivity (Wildman–Crippen MR) is 74.5 cm³/mol. The van der Waals surface area contributed by atoms with Crippen LogP contribution in [0, 0.1) is 6.92 Å². The molecule has 19 heavy (non-hydrogen) atoms. The van der Waals surface area contributed by atoms with E-state index in [2.05, 4.69) is 15.4 Å². The van der Waals surface area contributed by atoms with Gasteiger partial charge in [0.05, 0.1) is 6.61 Å². The number of halogens is 1. The van der Waals surface area contributed by atoms with Gasteiger partial charge in [-0.3, -0.25) is 0 Å². The number of benzene rings is 1. The molecule has 2 rings (SSSR count). The molecular formula is C13H15ClN4O. The molecule has 5 nitrogen and oxygen atoms in total. The van der Waals surface area contributed by atoms with Crippen LogP contribution in [0.2, 0.25) is 5.02 Å². The second-order valence-corrected chi connectivity index (χ2v) is 4.51. The molecule has 0 atom stereocenters. The maximum absolute atomic E-state index is 5.81. The number of rotatable bonds is 5. The molecule has 0 fully saturated rings. The Hall–Kier alpha value is -1.69. The molecule has 0 saturated carbocycles. The third-order valence-corrected chi connectivity index (χ3v) is 2.71. The van der Waals surface area contributed by atoms with E-state index in [9.17, 15) is 0 Å². The molecule has 0 radical (unpaired) electrons. The SMILES string of the molecule is Cc1cc(NN)nc(COCc2ccc(Cl)cc2)n1. The van der Waals surface area contributed by atoms with Crippen molar-refractivity contribution in [2.24, 2.45) is 5.84 Å². The Morgan fingerprint density at radius 3 is 2.63 bits per heavy atom. The number of hydrogen-bond donors (Lipinski definition) is 2. The first-order valence-corrected chi connectivity index (χ1v) is 6.18. The Morgan fingerprint density at radius 1 is 1.21 bits per heavy atom. The smallest absolute Gasteiger partial charge is 0.156 e. The van der Waals surface area contributed by atoms with Crippen molar-refractivity contribution >= 4 is 17.4 Å². The van der Waals surface area contributed by atoms with Crippen LogP contribution in [-0.2, 0) is 18.0 Å². The van der Waals surface area contributed by atoms with Crippen LogP contribution in [0.5, 0.6) is 0 Å². The summed E-state index contributed by atoms with van der Waals surface area (Å²) < 4.78 is 5.56. The highest BCUT2D eigenvalue weighted by molar-refractivity contribution is 6.30. The van der Waals surface area contributed by atoms with E-state index in [-0.39, 0.29) is 0 Å². The summed E-state index contributed by atoms with van der Waals surface area (Å²) in [5, 5.41) is 0.712. The molecule has 100 valence electrons. The van der Waals surface area contributed by atoms with Gasteiger partial charge in [0.15, 0.2) is 5.82 Å². The Balaban J connectivity index is 1.92. The van der Waals surface area contributed by atoms with Crippen molar-refractivity contribution in [3.63, 3.8) is 0 Å². The van der Waals surface area contributed by atoms with Crippen molar-refractivity contribution in [2.45, 2.75) is 20.1 Å². The monoisotopic (exact) mass is 278 g/mol. The normalized spacial score (nSPS) is 10.5. The Morgan fingerprint density at radius 2 is 1.95 bits per heavy atom. The number of nitrogen functional groups attached to an aromatic ring is 1. The highest BCUT2D eigenvalue weighted by Crippen LogP contribution is 2.11. The van der Waals surface area contributed by atoms with E-state index in [1.165, 1.54) is 0 Å². The molecule has 0 amide bonds. The van der Waals surface area contributed by atoms with E-state index in [1.54, 1.807) is 6.07 Å². The second-order valence-electron chi connectivity index (χ2n) is 4.07. The second kappa shape index (κ2) is 6.47. The van der Waals surface area contributed by atoms with Crippen molar-refractivity contribution in [2.75, 3.05) is 5.43 Å². The summed E-state index contributed by atoms with van der Waals surface area (Å²) >= 11 is 5.81. The first-order valence-electron chi connectivity index (χ1n) is 5.81. The Bertz CT molecular complexity index is 545. The zero-order valence-corrected chi connectivity index (χ0v) is 11.3. The summed E-state index contributed by atoms with van der Waals surface area (Å²) in [5.41, 5.74) is 4.39. The topological polar surface area (TPSA) is 73.1 Å². The van der Waals surface area contributed by atoms with Crippen LogP contribution in [-0.4, -0.2) is 9.97 Å². The van der Waals surface area contributed by atoms with Gasteiger partial charge >= 0.3 is 0 Å². The van der Waals surface area contributed by atoms with Gasteiger partial charge in [-0.05, 0) is 24.6 Å². The molecule has 3 N–H and O–H groups in total. The van der Waals surface area contributed by atoms with Crippen molar-refractivity contribution in [1.82, 2.24) is 9.97 Å². The van der Waals surface area contributed by atoms with Gasteiger partial charge < -0.3 is 10.2 Å². The molecule has 0 saturated heterocycles. The van der Waals surface area contributed by atoms with E-state index >= 15 is 0 Å². The first kappa shape index (κ1) is 13.7. The molecule has 0 bridgehead atoms. The minimum Gasteiger partial charge on any atom is -0.369 e. The fourth-order valence-corrected chi connectivity index (χ4v) is 1.74. The summed E-state index contributed by atoms with van der Waals surface area (Å²) in [6, 6.07) is 9.28. The zero-order chi connectivity index (χ0) is 13.7. The summed E-state index contributed by atoms with van der Waals surface area (Å²) in [6.45, 7) is 2.70. The number of nitrogens with one attached hydrogen (secondary N) is 1. The van der Waals surface area contributed by atoms with Crippen LogP contribution in [0.3, 0.4) is 0 Å². The summed E-state index contributed by atoms with van der Waals surface area (Å²) in [6.07, 6.45) is 0. The molecule has 1 aromatic carbocycles. The molecule has 0 unspecified atom stereocenters. The van der Waals surface area contributed by atoms with Gasteiger partial charge in [0.25, 0.3) is 0 Å². The van der Waals surface area contributed by atoms with E-state index in [4.69, 9.17) is 22.2 Å². The lowest BCUT2D eigenvalue weighted by atomic mass is 10.2. The highest BCUT2D eigenvalue weighted by Gasteiger charge is 2.02. The van der Waals surface area contributed by atoms with Gasteiger partial charge in [-0.2, -0.15) is 0 Å². The largest absolute Gasteiger partial charge is 0.369 e. The van der Waals surface area contributed by atoms with E-state index < -0.39 is 0 Å². The number of nitrogens with zero attached hydrogens (tertiary/aromatic N) is 2. The van der Waals surface area contributed by atoms with Crippen LogP contribution in [0.25, 0.3) is 0 Å². The van der Waals surface area contributed by atoms with Gasteiger partial charge in [-0.1, -0.05) is 23.7 Å². The standard InChI is InChI=1S/C13H15ClN4O/c1-9-6-12(18-15)17-13(16-9)8-19-7-10-2-4-11(14)5-3-10/h2-6H,7-8,15H2,1H3,(H,16,17,18). The van der Waals surface area contributed by atoms with E-state index in [0.29, 0.717) is 29.9 Å². The van der Waals surface area contributed by atoms with Crippen LogP contribution < -0.4 is 11.3 Å². The zero-order valence-electron chi connectivity index (χ0n) is 10.6. The van der Waals surface area contributed by atoms with Gasteiger partial charge in [-0.25, -0.2) is 15.8 Å². The average molecular weight is 279 g/mol. The molecule has 0 spiro atoms. The fraction of sp³-hybridized carbons (Fsp3) is 0.231. The van der Waals surface area contributed by atoms with Crippen LogP contribution in [0.4, 0.5) is 5.82 Å². The minimum absolute atomic E-state index is 0.332. The highest BCUT2D eigenvalue weighted by atomic mass is 35.5. The summed E-state index contributed by atoms with van der Waals surface area (Å²) in [4.78, 5) is 8.48. The van der Waals surface area contributed by atoms with Gasteiger partial charge in [0.1, 0.15) is 12.4 Å². The van der Waals surface area contributed by atoms with Gasteiger partial charge in [-0.15, -0.1) is 0 Å². The molecule has 0 aliphatic heterocycles. The molecule has 2 aromatic rings. The van der Waals surface area contributed by atoms with Crippen molar-refractivity contribution in [3.8, 4) is 0 Å². The number of aryl methyl sites for hydroxylation is 1. The summed E-state index contributed by atoms with van der Waals surface area (Å²) in [7, 11) is 0. The first-order chi connectivity index (χ1) is 9.17. The van der Waals surface area contributed by atoms with Crippen LogP contribution >= 0.6 is 11.6 Å². The van der Waals surface area contributed by atoms with E-state index in [1.807, 2.05) is 31.2 Å². The maximum atomic E-state index is 5.81. The lowest BCUT2D eigenvalue weighted by Gasteiger charge is -2.06. The molecule has 6 heteroatoms. The lowest BCUT2D eigenvalue weighted by Crippen LogP contribution is -2.11. The van der Waals surface area contributed by atoms with Crippen LogP contribution in [0.1, 0.15) is 17.1 Å². The number of nitrogens with two attached hydrogens (primary N) is 1. The Kier molecular flexibility index (Phi) is 4.68. The molecule has 1 heterocycles. The quantitative estimate of drug-likeness (QED) is 0.649. The van der Waals surface area contributed by atoms with Crippen molar-refractivity contribution in [3.05, 3.63) is 52.4 Å². The predicted octanol–water partition coefficient (Wildman–Crippen LogP) is 2.44. The van der Waals surface area contributed by atoms with Crippen molar-refractivity contribution in [1.29, 1.82) is 0 Å². The number of ether oxygens (including phenoxy) is 1. The maximum Gasteiger partial charge on any atom is 0.156 e. The molecular weight excluding hydrogens is 264 g/mol. The lowest BCUT2D eigenvalue weighted by molar-refractivity contribution is 0.102. The molecule has 0 aliphatic rings. The molecule has 0 aliphatic carbocycles. The third kappa shape index (κ3) is 4.17. The third-order valence-electron chi connectivity index (χ3n) is 2.46.